The van der Waals surface area contributed by atoms with Gasteiger partial charge in [0.25, 0.3) is 0 Å². The largest absolute Gasteiger partial charge is 0.454 e. The van der Waals surface area contributed by atoms with Gasteiger partial charge in [0.1, 0.15) is 0 Å². The molecule has 0 saturated heterocycles. The highest BCUT2D eigenvalue weighted by Gasteiger charge is 2.20. The number of aryl methyl sites for hydroxylation is 1. The molecule has 0 fully saturated rings. The van der Waals surface area contributed by atoms with Gasteiger partial charge >= 0.3 is 5.76 Å². The van der Waals surface area contributed by atoms with Gasteiger partial charge in [0.15, 0.2) is 26.9 Å². The summed E-state index contributed by atoms with van der Waals surface area (Å²) in [7, 11) is -2.03. The summed E-state index contributed by atoms with van der Waals surface area (Å²) in [6, 6.07) is 9.44. The Bertz CT molecular complexity index is 1110. The second-order valence-corrected chi connectivity index (χ2v) is 7.49. The molecule has 2 heterocycles. The van der Waals surface area contributed by atoms with Crippen LogP contribution in [0.2, 0.25) is 0 Å². The van der Waals surface area contributed by atoms with Crippen molar-refractivity contribution in [3.8, 4) is 11.5 Å². The van der Waals surface area contributed by atoms with Crippen LogP contribution >= 0.6 is 0 Å². The molecule has 1 aromatic heterocycles. The second-order valence-electron chi connectivity index (χ2n) is 5.50. The standard InChI is InChI=1S/C16H13NO6S/c1-17-12-4-3-11(7-14(12)23-16(17)18)24(19,20)8-10-2-5-13-15(6-10)22-9-21-13/h2-7H,8-9H2,1H3. The maximum atomic E-state index is 12.6. The Kier molecular flexibility index (Phi) is 3.17. The number of hydrogen-bond acceptors (Lipinski definition) is 6. The molecule has 7 nitrogen and oxygen atoms in total. The van der Waals surface area contributed by atoms with Crippen LogP contribution < -0.4 is 15.2 Å². The number of rotatable bonds is 3. The van der Waals surface area contributed by atoms with Gasteiger partial charge in [0, 0.05) is 13.1 Å². The van der Waals surface area contributed by atoms with Crippen LogP contribution in [-0.2, 0) is 22.6 Å². The molecule has 0 aliphatic carbocycles. The third-order valence-electron chi connectivity index (χ3n) is 3.92. The number of sulfone groups is 1. The van der Waals surface area contributed by atoms with Gasteiger partial charge in [-0.3, -0.25) is 4.57 Å². The number of nitrogens with zero attached hydrogens (tertiary/aromatic N) is 1. The average Bonchev–Trinajstić information content (AvgIpc) is 3.11. The maximum Gasteiger partial charge on any atom is 0.419 e. The summed E-state index contributed by atoms with van der Waals surface area (Å²) in [5.74, 6) is 0.415. The first kappa shape index (κ1) is 14.8. The lowest BCUT2D eigenvalue weighted by molar-refractivity contribution is 0.174. The van der Waals surface area contributed by atoms with Gasteiger partial charge in [-0.15, -0.1) is 0 Å². The topological polar surface area (TPSA) is 87.7 Å². The van der Waals surface area contributed by atoms with Crippen molar-refractivity contribution >= 4 is 20.9 Å². The molecule has 0 spiro atoms. The van der Waals surface area contributed by atoms with Gasteiger partial charge in [-0.05, 0) is 29.8 Å². The summed E-state index contributed by atoms with van der Waals surface area (Å²) in [6.45, 7) is 0.134. The predicted molar refractivity (Wildman–Crippen MR) is 84.9 cm³/mol. The predicted octanol–water partition coefficient (Wildman–Crippen LogP) is 1.83. The minimum absolute atomic E-state index is 0.0991. The van der Waals surface area contributed by atoms with Gasteiger partial charge in [0.2, 0.25) is 6.79 Å². The third kappa shape index (κ3) is 2.35. The van der Waals surface area contributed by atoms with E-state index in [1.165, 1.54) is 16.7 Å². The van der Waals surface area contributed by atoms with E-state index in [0.717, 1.165) is 0 Å². The fourth-order valence-electron chi connectivity index (χ4n) is 2.64. The monoisotopic (exact) mass is 347 g/mol. The summed E-state index contributed by atoms with van der Waals surface area (Å²) < 4.78 is 42.1. The zero-order valence-corrected chi connectivity index (χ0v) is 13.5. The first-order valence-corrected chi connectivity index (χ1v) is 8.80. The van der Waals surface area contributed by atoms with E-state index in [-0.39, 0.29) is 23.0 Å². The summed E-state index contributed by atoms with van der Waals surface area (Å²) >= 11 is 0. The number of oxazole rings is 1. The fraction of sp³-hybridized carbons (Fsp3) is 0.188. The van der Waals surface area contributed by atoms with Crippen molar-refractivity contribution in [3.63, 3.8) is 0 Å². The van der Waals surface area contributed by atoms with Gasteiger partial charge in [-0.1, -0.05) is 6.07 Å². The van der Waals surface area contributed by atoms with Crippen molar-refractivity contribution < 1.29 is 22.3 Å². The van der Waals surface area contributed by atoms with Crippen molar-refractivity contribution in [2.45, 2.75) is 10.6 Å². The van der Waals surface area contributed by atoms with E-state index >= 15 is 0 Å². The van der Waals surface area contributed by atoms with Crippen LogP contribution in [0.15, 0.2) is 50.5 Å². The molecule has 1 aliphatic rings. The van der Waals surface area contributed by atoms with Gasteiger partial charge in [0.05, 0.1) is 16.2 Å². The molecule has 0 amide bonds. The van der Waals surface area contributed by atoms with Crippen LogP contribution in [-0.4, -0.2) is 19.8 Å². The van der Waals surface area contributed by atoms with Crippen molar-refractivity contribution in [1.29, 1.82) is 0 Å². The first-order chi connectivity index (χ1) is 11.4. The Morgan fingerprint density at radius 2 is 1.88 bits per heavy atom. The fourth-order valence-corrected chi connectivity index (χ4v) is 3.99. The van der Waals surface area contributed by atoms with Crippen LogP contribution in [0, 0.1) is 0 Å². The van der Waals surface area contributed by atoms with E-state index < -0.39 is 15.6 Å². The Morgan fingerprint density at radius 3 is 2.71 bits per heavy atom. The minimum Gasteiger partial charge on any atom is -0.454 e. The number of benzene rings is 2. The van der Waals surface area contributed by atoms with Crippen molar-refractivity contribution in [1.82, 2.24) is 4.57 Å². The zero-order chi connectivity index (χ0) is 16.9. The number of aromatic nitrogens is 1. The summed E-state index contributed by atoms with van der Waals surface area (Å²) in [6.07, 6.45) is 0. The Labute approximate surface area is 136 Å². The molecule has 0 N–H and O–H groups in total. The quantitative estimate of drug-likeness (QED) is 0.718. The number of ether oxygens (including phenoxy) is 2. The highest BCUT2D eigenvalue weighted by atomic mass is 32.2. The average molecular weight is 347 g/mol. The molecule has 0 unspecified atom stereocenters. The van der Waals surface area contributed by atoms with Crippen LogP contribution in [0.5, 0.6) is 11.5 Å². The summed E-state index contributed by atoms with van der Waals surface area (Å²) in [5, 5.41) is 0. The van der Waals surface area contributed by atoms with E-state index in [2.05, 4.69) is 0 Å². The Balaban J connectivity index is 1.71. The molecule has 8 heteroatoms. The molecule has 124 valence electrons. The lowest BCUT2D eigenvalue weighted by Crippen LogP contribution is -2.08. The van der Waals surface area contributed by atoms with Gasteiger partial charge < -0.3 is 13.9 Å². The molecule has 0 atom stereocenters. The molecule has 24 heavy (non-hydrogen) atoms. The van der Waals surface area contributed by atoms with Crippen molar-refractivity contribution in [2.24, 2.45) is 7.05 Å². The molecule has 0 bridgehead atoms. The summed E-state index contributed by atoms with van der Waals surface area (Å²) in [5.41, 5.74) is 1.38. The van der Waals surface area contributed by atoms with E-state index in [9.17, 15) is 13.2 Å². The van der Waals surface area contributed by atoms with Crippen LogP contribution in [0.1, 0.15) is 5.56 Å². The highest BCUT2D eigenvalue weighted by molar-refractivity contribution is 7.90. The van der Waals surface area contributed by atoms with E-state index in [0.29, 0.717) is 22.6 Å². The second kappa shape index (κ2) is 5.13. The van der Waals surface area contributed by atoms with Crippen molar-refractivity contribution in [3.05, 3.63) is 52.5 Å². The Hall–Kier alpha value is -2.74. The van der Waals surface area contributed by atoms with E-state index in [4.69, 9.17) is 13.9 Å². The number of fused-ring (bicyclic) bond motifs is 2. The molecule has 0 saturated carbocycles. The van der Waals surface area contributed by atoms with Crippen molar-refractivity contribution in [2.75, 3.05) is 6.79 Å². The molecular formula is C16H13NO6S. The van der Waals surface area contributed by atoms with E-state index in [1.807, 2.05) is 0 Å². The first-order valence-electron chi connectivity index (χ1n) is 7.15. The smallest absolute Gasteiger partial charge is 0.419 e. The molecule has 2 aromatic carbocycles. The number of hydrogen-bond donors (Lipinski definition) is 0. The molecule has 0 radical (unpaired) electrons. The minimum atomic E-state index is -3.59. The maximum absolute atomic E-state index is 12.6. The van der Waals surface area contributed by atoms with Gasteiger partial charge in [-0.25, -0.2) is 13.2 Å². The SMILES string of the molecule is Cn1c(=O)oc2cc(S(=O)(=O)Cc3ccc4c(c3)OCO4)ccc21. The molecular weight excluding hydrogens is 334 g/mol. The van der Waals surface area contributed by atoms with Gasteiger partial charge in [-0.2, -0.15) is 0 Å². The molecule has 3 aromatic rings. The molecule has 4 rings (SSSR count). The van der Waals surface area contributed by atoms with Crippen LogP contribution in [0.4, 0.5) is 0 Å². The third-order valence-corrected chi connectivity index (χ3v) is 5.60. The van der Waals surface area contributed by atoms with Crippen LogP contribution in [0.3, 0.4) is 0 Å². The lowest BCUT2D eigenvalue weighted by Gasteiger charge is -2.06. The lowest BCUT2D eigenvalue weighted by atomic mass is 10.2. The van der Waals surface area contributed by atoms with E-state index in [1.54, 1.807) is 31.3 Å². The zero-order valence-electron chi connectivity index (χ0n) is 12.7. The summed E-state index contributed by atoms with van der Waals surface area (Å²) in [4.78, 5) is 11.6. The molecule has 1 aliphatic heterocycles. The normalized spacial score (nSPS) is 13.5. The highest BCUT2D eigenvalue weighted by Crippen LogP contribution is 2.33. The van der Waals surface area contributed by atoms with Crippen LogP contribution in [0.25, 0.3) is 11.1 Å². The Morgan fingerprint density at radius 1 is 1.08 bits per heavy atom.